The molecule has 32 heavy (non-hydrogen) atoms. The van der Waals surface area contributed by atoms with Gasteiger partial charge in [-0.25, -0.2) is 14.3 Å². The molecule has 0 aliphatic carbocycles. The summed E-state index contributed by atoms with van der Waals surface area (Å²) in [5.74, 6) is 0.896. The normalized spacial score (nSPS) is 14.7. The van der Waals surface area contributed by atoms with Gasteiger partial charge in [0.05, 0.1) is 17.6 Å². The Morgan fingerprint density at radius 3 is 2.56 bits per heavy atom. The molecule has 0 bridgehead atoms. The average Bonchev–Trinajstić information content (AvgIpc) is 3.10. The summed E-state index contributed by atoms with van der Waals surface area (Å²) in [6, 6.07) is 9.17. The molecule has 2 N–H and O–H groups in total. The maximum Gasteiger partial charge on any atom is 0.415 e. The van der Waals surface area contributed by atoms with Crippen LogP contribution in [-0.2, 0) is 6.54 Å². The molecule has 4 rings (SSSR count). The fourth-order valence-electron chi connectivity index (χ4n) is 3.60. The zero-order chi connectivity index (χ0) is 22.7. The van der Waals surface area contributed by atoms with Crippen molar-refractivity contribution < 1.29 is 14.6 Å². The van der Waals surface area contributed by atoms with Crippen LogP contribution in [-0.4, -0.2) is 66.7 Å². The molecule has 1 saturated heterocycles. The smallest absolute Gasteiger partial charge is 0.415 e. The van der Waals surface area contributed by atoms with Crippen molar-refractivity contribution in [1.82, 2.24) is 29.3 Å². The van der Waals surface area contributed by atoms with Crippen molar-refractivity contribution in [3.8, 4) is 17.4 Å². The highest BCUT2D eigenvalue weighted by Crippen LogP contribution is 2.27. The van der Waals surface area contributed by atoms with Gasteiger partial charge in [0.25, 0.3) is 0 Å². The minimum atomic E-state index is -0.403. The van der Waals surface area contributed by atoms with E-state index in [1.54, 1.807) is 23.2 Å². The lowest BCUT2D eigenvalue weighted by molar-refractivity contribution is 0.107. The summed E-state index contributed by atoms with van der Waals surface area (Å²) in [6.45, 7) is 7.36. The van der Waals surface area contributed by atoms with Crippen LogP contribution in [0.25, 0.3) is 5.82 Å². The van der Waals surface area contributed by atoms with Gasteiger partial charge in [0.2, 0.25) is 5.88 Å². The molecule has 168 valence electrons. The van der Waals surface area contributed by atoms with Crippen molar-refractivity contribution in [1.29, 1.82) is 0 Å². The zero-order valence-electron chi connectivity index (χ0n) is 18.1. The molecule has 1 aliphatic heterocycles. The molecule has 0 aromatic carbocycles. The Morgan fingerprint density at radius 1 is 1.19 bits per heavy atom. The maximum atomic E-state index is 12.6. The van der Waals surface area contributed by atoms with Crippen molar-refractivity contribution in [2.24, 2.45) is 0 Å². The van der Waals surface area contributed by atoms with Gasteiger partial charge in [0, 0.05) is 38.9 Å². The van der Waals surface area contributed by atoms with Crippen LogP contribution >= 0.6 is 12.2 Å². The highest BCUT2D eigenvalue weighted by atomic mass is 32.1. The highest BCUT2D eigenvalue weighted by molar-refractivity contribution is 7.71. The van der Waals surface area contributed by atoms with Crippen molar-refractivity contribution in [3.05, 3.63) is 58.9 Å². The van der Waals surface area contributed by atoms with Crippen LogP contribution in [0, 0.1) is 4.77 Å². The van der Waals surface area contributed by atoms with E-state index < -0.39 is 6.09 Å². The maximum absolute atomic E-state index is 12.6. The molecule has 0 atom stereocenters. The molecule has 0 saturated carbocycles. The second kappa shape index (κ2) is 9.49. The van der Waals surface area contributed by atoms with Gasteiger partial charge in [-0.3, -0.25) is 9.88 Å². The number of aromatic nitrogens is 4. The molecule has 0 unspecified atom stereocenters. The molecule has 3 aromatic heterocycles. The lowest BCUT2D eigenvalue weighted by atomic mass is 10.1. The number of rotatable bonds is 5. The minimum Gasteiger partial charge on any atom is -0.493 e. The predicted octanol–water partition coefficient (Wildman–Crippen LogP) is 3.47. The summed E-state index contributed by atoms with van der Waals surface area (Å²) < 4.78 is 7.30. The number of aromatic hydroxyl groups is 1. The molecule has 0 spiro atoms. The van der Waals surface area contributed by atoms with Crippen LogP contribution < -0.4 is 4.74 Å². The number of hydrogen-bond donors (Lipinski definition) is 2. The Balaban J connectivity index is 1.34. The number of piperazine rings is 1. The molecule has 9 nitrogen and oxygen atoms in total. The Hall–Kier alpha value is -3.24. The number of imidazole rings is 1. The van der Waals surface area contributed by atoms with E-state index in [9.17, 15) is 9.90 Å². The number of H-pyrrole nitrogens is 1. The van der Waals surface area contributed by atoms with Crippen LogP contribution in [0.2, 0.25) is 0 Å². The number of aromatic amines is 1. The molecule has 1 aliphatic rings. The summed E-state index contributed by atoms with van der Waals surface area (Å²) in [4.78, 5) is 28.2. The summed E-state index contributed by atoms with van der Waals surface area (Å²) >= 11 is 5.31. The number of nitrogens with one attached hydrogen (secondary N) is 1. The minimum absolute atomic E-state index is 0.0332. The summed E-state index contributed by atoms with van der Waals surface area (Å²) in [5.41, 5.74) is 1.67. The first-order valence-electron chi connectivity index (χ1n) is 10.5. The van der Waals surface area contributed by atoms with Crippen LogP contribution in [0.1, 0.15) is 31.2 Å². The Bertz CT molecular complexity index is 1120. The van der Waals surface area contributed by atoms with Crippen LogP contribution in [0.3, 0.4) is 0 Å². The van der Waals surface area contributed by atoms with E-state index in [2.05, 4.69) is 19.9 Å². The number of ether oxygens (including phenoxy) is 1. The first-order valence-corrected chi connectivity index (χ1v) is 10.9. The van der Waals surface area contributed by atoms with Crippen molar-refractivity contribution >= 4 is 18.3 Å². The molecular weight excluding hydrogens is 428 g/mol. The lowest BCUT2D eigenvalue weighted by Gasteiger charge is -2.33. The van der Waals surface area contributed by atoms with Gasteiger partial charge in [-0.1, -0.05) is 19.9 Å². The monoisotopic (exact) mass is 454 g/mol. The van der Waals surface area contributed by atoms with Gasteiger partial charge < -0.3 is 19.7 Å². The standard InChI is InChI=1S/C22H26N6O3S/c1-15(2)19-20(29)28(21(32)25-19)18-7-6-17(13-24-18)31-22(30)27-11-9-26(10-12-27)14-16-5-3-4-8-23-16/h3-8,13,15,29H,9-12,14H2,1-2H3,(H,25,32). The molecule has 3 aromatic rings. The molecule has 4 heterocycles. The number of pyridine rings is 2. The fraction of sp³-hybridized carbons (Fsp3) is 0.364. The van der Waals surface area contributed by atoms with E-state index in [0.717, 1.165) is 25.3 Å². The zero-order valence-corrected chi connectivity index (χ0v) is 18.9. The first kappa shape index (κ1) is 22.0. The Labute approximate surface area is 191 Å². The van der Waals surface area contributed by atoms with Crippen molar-refractivity contribution in [2.75, 3.05) is 26.2 Å². The third-order valence-electron chi connectivity index (χ3n) is 5.37. The molecule has 10 heteroatoms. The Morgan fingerprint density at radius 2 is 1.97 bits per heavy atom. The predicted molar refractivity (Wildman–Crippen MR) is 122 cm³/mol. The number of nitrogens with zero attached hydrogens (tertiary/aromatic N) is 5. The van der Waals surface area contributed by atoms with Gasteiger partial charge >= 0.3 is 6.09 Å². The highest BCUT2D eigenvalue weighted by Gasteiger charge is 2.23. The van der Waals surface area contributed by atoms with Crippen LogP contribution in [0.15, 0.2) is 42.7 Å². The molecule has 1 amide bonds. The van der Waals surface area contributed by atoms with E-state index in [1.807, 2.05) is 32.0 Å². The van der Waals surface area contributed by atoms with E-state index >= 15 is 0 Å². The average molecular weight is 455 g/mol. The largest absolute Gasteiger partial charge is 0.493 e. The number of carbonyl (C=O) groups excluding carboxylic acids is 1. The van der Waals surface area contributed by atoms with Gasteiger partial charge in [-0.15, -0.1) is 0 Å². The SMILES string of the molecule is CC(C)c1[nH]c(=S)n(-c2ccc(OC(=O)N3CCN(Cc4ccccn4)CC3)cn2)c1O. The second-order valence-corrected chi connectivity index (χ2v) is 8.35. The second-order valence-electron chi connectivity index (χ2n) is 7.96. The summed E-state index contributed by atoms with van der Waals surface area (Å²) in [7, 11) is 0. The van der Waals surface area contributed by atoms with Gasteiger partial charge in [0.15, 0.2) is 10.5 Å². The molecule has 1 fully saturated rings. The summed E-state index contributed by atoms with van der Waals surface area (Å²) in [5, 5.41) is 10.5. The van der Waals surface area contributed by atoms with E-state index in [1.165, 1.54) is 10.8 Å². The van der Waals surface area contributed by atoms with Crippen LogP contribution in [0.5, 0.6) is 11.6 Å². The quantitative estimate of drug-likeness (QED) is 0.570. The third-order valence-corrected chi connectivity index (χ3v) is 5.66. The topological polar surface area (TPSA) is 99.5 Å². The van der Waals surface area contributed by atoms with Gasteiger partial charge in [-0.05, 0) is 42.4 Å². The Kier molecular flexibility index (Phi) is 6.52. The van der Waals surface area contributed by atoms with Crippen LogP contribution in [0.4, 0.5) is 4.79 Å². The first-order chi connectivity index (χ1) is 15.4. The van der Waals surface area contributed by atoms with Crippen molar-refractivity contribution in [3.63, 3.8) is 0 Å². The van der Waals surface area contributed by atoms with Crippen molar-refractivity contribution in [2.45, 2.75) is 26.3 Å². The number of hydrogen-bond acceptors (Lipinski definition) is 7. The van der Waals surface area contributed by atoms with Gasteiger partial charge in [-0.2, -0.15) is 0 Å². The third kappa shape index (κ3) is 4.81. The van der Waals surface area contributed by atoms with E-state index in [0.29, 0.717) is 35.1 Å². The lowest BCUT2D eigenvalue weighted by Crippen LogP contribution is -2.49. The fourth-order valence-corrected chi connectivity index (χ4v) is 3.89. The molecular formula is C22H26N6O3S. The van der Waals surface area contributed by atoms with E-state index in [4.69, 9.17) is 17.0 Å². The number of amides is 1. The number of carbonyl (C=O) groups is 1. The molecule has 0 radical (unpaired) electrons. The van der Waals surface area contributed by atoms with Gasteiger partial charge in [0.1, 0.15) is 5.82 Å². The van der Waals surface area contributed by atoms with E-state index in [-0.39, 0.29) is 11.8 Å². The summed E-state index contributed by atoms with van der Waals surface area (Å²) in [6.07, 6.45) is 2.84.